The Hall–Kier alpha value is -3.26. The molecule has 0 aliphatic carbocycles. The third kappa shape index (κ3) is 3.27. The molecule has 4 rings (SSSR count). The van der Waals surface area contributed by atoms with Crippen LogP contribution in [-0.4, -0.2) is 20.6 Å². The lowest BCUT2D eigenvalue weighted by Gasteiger charge is -2.08. The van der Waals surface area contributed by atoms with E-state index in [-0.39, 0.29) is 12.4 Å². The lowest BCUT2D eigenvalue weighted by atomic mass is 10.2. The number of imidazole rings is 1. The molecule has 2 heterocycles. The number of rotatable bonds is 4. The van der Waals surface area contributed by atoms with Crippen LogP contribution in [0.25, 0.3) is 16.9 Å². The molecular formula is C18H14FN5OS. The quantitative estimate of drug-likeness (QED) is 0.574. The summed E-state index contributed by atoms with van der Waals surface area (Å²) in [5.41, 5.74) is 4.43. The van der Waals surface area contributed by atoms with Gasteiger partial charge in [0.25, 0.3) is 0 Å². The normalized spacial score (nSPS) is 10.8. The Morgan fingerprint density at radius 1 is 1.19 bits per heavy atom. The highest BCUT2D eigenvalue weighted by Crippen LogP contribution is 2.21. The maximum absolute atomic E-state index is 13.6. The maximum atomic E-state index is 13.6. The predicted molar refractivity (Wildman–Crippen MR) is 99.0 cm³/mol. The van der Waals surface area contributed by atoms with Crippen LogP contribution in [0.2, 0.25) is 0 Å². The highest BCUT2D eigenvalue weighted by Gasteiger charge is 2.09. The zero-order valence-corrected chi connectivity index (χ0v) is 14.3. The number of nitrogens with one attached hydrogen (secondary N) is 2. The van der Waals surface area contributed by atoms with Gasteiger partial charge in [-0.3, -0.25) is 4.57 Å². The monoisotopic (exact) mass is 367 g/mol. The molecule has 0 saturated heterocycles. The minimum Gasteiger partial charge on any atom is -0.334 e. The van der Waals surface area contributed by atoms with Crippen molar-refractivity contribution in [1.82, 2.24) is 19.9 Å². The van der Waals surface area contributed by atoms with Gasteiger partial charge in [-0.2, -0.15) is 0 Å². The van der Waals surface area contributed by atoms with E-state index in [4.69, 9.17) is 0 Å². The van der Waals surface area contributed by atoms with Crippen LogP contribution in [0.3, 0.4) is 0 Å². The third-order valence-corrected chi connectivity index (χ3v) is 4.44. The van der Waals surface area contributed by atoms with E-state index in [1.807, 2.05) is 16.0 Å². The fourth-order valence-corrected chi connectivity index (χ4v) is 3.12. The lowest BCUT2D eigenvalue weighted by Crippen LogP contribution is -2.28. The van der Waals surface area contributed by atoms with Crippen LogP contribution in [0.4, 0.5) is 14.9 Å². The second-order valence-electron chi connectivity index (χ2n) is 5.56. The topological polar surface area (TPSA) is 71.8 Å². The molecule has 26 heavy (non-hydrogen) atoms. The van der Waals surface area contributed by atoms with Crippen molar-refractivity contribution < 1.29 is 9.18 Å². The SMILES string of the molecule is O=C(NCc1ccccc1F)Nc1ccc2c(c1)ncn2-c1cscn1. The largest absolute Gasteiger partial charge is 0.334 e. The molecule has 130 valence electrons. The van der Waals surface area contributed by atoms with Gasteiger partial charge in [0.2, 0.25) is 0 Å². The van der Waals surface area contributed by atoms with Gasteiger partial charge >= 0.3 is 6.03 Å². The van der Waals surface area contributed by atoms with Crippen molar-refractivity contribution in [2.75, 3.05) is 5.32 Å². The molecule has 2 amide bonds. The first-order valence-corrected chi connectivity index (χ1v) is 8.79. The summed E-state index contributed by atoms with van der Waals surface area (Å²) >= 11 is 1.51. The van der Waals surface area contributed by atoms with Gasteiger partial charge < -0.3 is 10.6 Å². The van der Waals surface area contributed by atoms with Crippen LogP contribution in [0.15, 0.2) is 59.7 Å². The van der Waals surface area contributed by atoms with E-state index < -0.39 is 6.03 Å². The molecule has 0 fully saturated rings. The molecule has 0 unspecified atom stereocenters. The molecule has 0 spiro atoms. The number of carbonyl (C=O) groups excluding carboxylic acids is 1. The second kappa shape index (κ2) is 6.93. The van der Waals surface area contributed by atoms with Gasteiger partial charge in [-0.05, 0) is 24.3 Å². The average Bonchev–Trinajstić information content (AvgIpc) is 3.30. The molecule has 2 aromatic heterocycles. The average molecular weight is 367 g/mol. The Kier molecular flexibility index (Phi) is 4.32. The molecule has 6 nitrogen and oxygen atoms in total. The molecule has 4 aromatic rings. The number of urea groups is 1. The number of carbonyl (C=O) groups is 1. The van der Waals surface area contributed by atoms with E-state index in [9.17, 15) is 9.18 Å². The molecule has 0 atom stereocenters. The second-order valence-corrected chi connectivity index (χ2v) is 6.28. The van der Waals surface area contributed by atoms with Crippen molar-refractivity contribution >= 4 is 34.1 Å². The number of aromatic nitrogens is 3. The van der Waals surface area contributed by atoms with Gasteiger partial charge in [-0.15, -0.1) is 11.3 Å². The molecule has 0 bridgehead atoms. The van der Waals surface area contributed by atoms with E-state index >= 15 is 0 Å². The van der Waals surface area contributed by atoms with Gasteiger partial charge in [0.1, 0.15) is 18.0 Å². The Morgan fingerprint density at radius 3 is 2.88 bits per heavy atom. The predicted octanol–water partition coefficient (Wildman–Crippen LogP) is 3.94. The van der Waals surface area contributed by atoms with E-state index in [0.717, 1.165) is 16.9 Å². The van der Waals surface area contributed by atoms with Crippen LogP contribution in [0.5, 0.6) is 0 Å². The number of hydrogen-bond acceptors (Lipinski definition) is 4. The fraction of sp³-hybridized carbons (Fsp3) is 0.0556. The Balaban J connectivity index is 1.46. The van der Waals surface area contributed by atoms with Crippen LogP contribution in [-0.2, 0) is 6.54 Å². The first-order chi connectivity index (χ1) is 12.7. The molecule has 2 N–H and O–H groups in total. The first-order valence-electron chi connectivity index (χ1n) is 7.84. The summed E-state index contributed by atoms with van der Waals surface area (Å²) in [7, 11) is 0. The number of fused-ring (bicyclic) bond motifs is 1. The zero-order chi connectivity index (χ0) is 17.9. The third-order valence-electron chi connectivity index (χ3n) is 3.87. The lowest BCUT2D eigenvalue weighted by molar-refractivity contribution is 0.251. The van der Waals surface area contributed by atoms with Crippen LogP contribution < -0.4 is 10.6 Å². The molecule has 0 saturated carbocycles. The summed E-state index contributed by atoms with van der Waals surface area (Å²) in [5, 5.41) is 7.31. The molecule has 0 aliphatic heterocycles. The summed E-state index contributed by atoms with van der Waals surface area (Å²) in [6.45, 7) is 0.110. The van der Waals surface area contributed by atoms with Gasteiger partial charge in [0, 0.05) is 23.2 Å². The molecule has 0 radical (unpaired) electrons. The Labute approximate surface area is 152 Å². The molecular weight excluding hydrogens is 353 g/mol. The van der Waals surface area contributed by atoms with Gasteiger partial charge in [-0.25, -0.2) is 19.2 Å². The van der Waals surface area contributed by atoms with Crippen LogP contribution in [0, 0.1) is 5.82 Å². The van der Waals surface area contributed by atoms with Gasteiger partial charge in [-0.1, -0.05) is 18.2 Å². The van der Waals surface area contributed by atoms with Gasteiger partial charge in [0.05, 0.1) is 16.5 Å². The molecule has 8 heteroatoms. The van der Waals surface area contributed by atoms with Crippen molar-refractivity contribution in [3.8, 4) is 5.82 Å². The number of thiazole rings is 1. The van der Waals surface area contributed by atoms with Crippen LogP contribution >= 0.6 is 11.3 Å². The number of amides is 2. The van der Waals surface area contributed by atoms with E-state index in [0.29, 0.717) is 11.3 Å². The van der Waals surface area contributed by atoms with E-state index in [2.05, 4.69) is 20.6 Å². The molecule has 0 aliphatic rings. The Bertz CT molecular complexity index is 1060. The summed E-state index contributed by atoms with van der Waals surface area (Å²) in [4.78, 5) is 20.7. The zero-order valence-electron chi connectivity index (χ0n) is 13.5. The van der Waals surface area contributed by atoms with E-state index in [1.54, 1.807) is 42.2 Å². The fourth-order valence-electron chi connectivity index (χ4n) is 2.59. The number of nitrogens with zero attached hydrogens (tertiary/aromatic N) is 3. The van der Waals surface area contributed by atoms with Crippen molar-refractivity contribution in [1.29, 1.82) is 0 Å². The first kappa shape index (κ1) is 16.2. The van der Waals surface area contributed by atoms with Gasteiger partial charge in [0.15, 0.2) is 0 Å². The molecule has 2 aromatic carbocycles. The van der Waals surface area contributed by atoms with Crippen LogP contribution in [0.1, 0.15) is 5.56 Å². The van der Waals surface area contributed by atoms with Crippen molar-refractivity contribution in [3.63, 3.8) is 0 Å². The standard InChI is InChI=1S/C18H14FN5OS/c19-14-4-2-1-3-12(14)8-20-18(25)23-13-5-6-16-15(7-13)21-10-24(16)17-9-26-11-22-17/h1-7,9-11H,8H2,(H2,20,23,25). The van der Waals surface area contributed by atoms with E-state index in [1.165, 1.54) is 17.4 Å². The minimum atomic E-state index is -0.411. The number of hydrogen-bond donors (Lipinski definition) is 2. The number of benzene rings is 2. The maximum Gasteiger partial charge on any atom is 0.319 e. The van der Waals surface area contributed by atoms with Crippen molar-refractivity contribution in [2.24, 2.45) is 0 Å². The summed E-state index contributed by atoms with van der Waals surface area (Å²) in [6, 6.07) is 11.4. The number of anilines is 1. The highest BCUT2D eigenvalue weighted by atomic mass is 32.1. The Morgan fingerprint density at radius 2 is 2.08 bits per heavy atom. The highest BCUT2D eigenvalue weighted by molar-refractivity contribution is 7.07. The summed E-state index contributed by atoms with van der Waals surface area (Å²) in [5.74, 6) is 0.461. The summed E-state index contributed by atoms with van der Waals surface area (Å²) in [6.07, 6.45) is 1.70. The van der Waals surface area contributed by atoms with Crippen molar-refractivity contribution in [3.05, 3.63) is 71.1 Å². The number of halogens is 1. The van der Waals surface area contributed by atoms with Crippen molar-refractivity contribution in [2.45, 2.75) is 6.54 Å². The smallest absolute Gasteiger partial charge is 0.319 e. The minimum absolute atomic E-state index is 0.110. The summed E-state index contributed by atoms with van der Waals surface area (Å²) < 4.78 is 15.5.